The number of furan rings is 1. The van der Waals surface area contributed by atoms with Gasteiger partial charge in [0.15, 0.2) is 4.67 Å². The summed E-state index contributed by atoms with van der Waals surface area (Å²) >= 11 is 3.16. The Morgan fingerprint density at radius 2 is 2.25 bits per heavy atom. The molecule has 1 aliphatic carbocycles. The quantitative estimate of drug-likeness (QED) is 0.730. The highest BCUT2D eigenvalue weighted by atomic mass is 79.9. The first-order chi connectivity index (χ1) is 9.42. The minimum atomic E-state index is -3.61. The molecule has 1 aliphatic rings. The van der Waals surface area contributed by atoms with Crippen molar-refractivity contribution < 1.29 is 17.6 Å². The van der Waals surface area contributed by atoms with Crippen molar-refractivity contribution >= 4 is 26.0 Å². The van der Waals surface area contributed by atoms with Gasteiger partial charge in [-0.3, -0.25) is 0 Å². The van der Waals surface area contributed by atoms with E-state index in [4.69, 9.17) is 9.15 Å². The summed E-state index contributed by atoms with van der Waals surface area (Å²) in [4.78, 5) is 0.119. The van der Waals surface area contributed by atoms with Crippen molar-refractivity contribution in [3.8, 4) is 0 Å². The summed E-state index contributed by atoms with van der Waals surface area (Å²) in [5.74, 6) is 0.601. The van der Waals surface area contributed by atoms with Crippen molar-refractivity contribution in [3.05, 3.63) is 16.5 Å². The molecule has 0 spiro atoms. The van der Waals surface area contributed by atoms with Crippen LogP contribution in [0.25, 0.3) is 0 Å². The van der Waals surface area contributed by atoms with E-state index in [1.54, 1.807) is 13.0 Å². The van der Waals surface area contributed by atoms with Gasteiger partial charge in [-0.05, 0) is 35.7 Å². The van der Waals surface area contributed by atoms with Crippen LogP contribution in [0.4, 0.5) is 0 Å². The lowest BCUT2D eigenvalue weighted by molar-refractivity contribution is 0.180. The first kappa shape index (κ1) is 16.0. The van der Waals surface area contributed by atoms with E-state index in [-0.39, 0.29) is 15.6 Å². The summed E-state index contributed by atoms with van der Waals surface area (Å²) in [5.41, 5.74) is 0. The number of nitrogens with one attached hydrogen (secondary N) is 2. The van der Waals surface area contributed by atoms with Gasteiger partial charge in [-0.2, -0.15) is 0 Å². The van der Waals surface area contributed by atoms with Gasteiger partial charge in [0.1, 0.15) is 10.7 Å². The maximum atomic E-state index is 12.2. The predicted octanol–water partition coefficient (Wildman–Crippen LogP) is 1.61. The Balaban J connectivity index is 2.05. The summed E-state index contributed by atoms with van der Waals surface area (Å²) in [7, 11) is -2.08. The number of hydrogen-bond acceptors (Lipinski definition) is 5. The first-order valence-electron chi connectivity index (χ1n) is 6.45. The Kier molecular flexibility index (Phi) is 5.25. The highest BCUT2D eigenvalue weighted by Gasteiger charge is 2.25. The average Bonchev–Trinajstić information content (AvgIpc) is 3.09. The van der Waals surface area contributed by atoms with E-state index in [9.17, 15) is 8.42 Å². The maximum absolute atomic E-state index is 12.2. The summed E-state index contributed by atoms with van der Waals surface area (Å²) in [6.07, 6.45) is 2.34. The number of hydrogen-bond donors (Lipinski definition) is 2. The zero-order valence-corrected chi connectivity index (χ0v) is 13.9. The molecule has 0 bridgehead atoms. The molecule has 1 unspecified atom stereocenters. The summed E-state index contributed by atoms with van der Waals surface area (Å²) in [5, 5.41) is 3.28. The number of ether oxygens (including phenoxy) is 1. The first-order valence-corrected chi connectivity index (χ1v) is 8.73. The fourth-order valence-corrected chi connectivity index (χ4v) is 4.04. The van der Waals surface area contributed by atoms with E-state index in [1.165, 1.54) is 20.0 Å². The van der Waals surface area contributed by atoms with Gasteiger partial charge in [0, 0.05) is 25.3 Å². The summed E-state index contributed by atoms with van der Waals surface area (Å²) in [6, 6.07) is 1.78. The SMILES string of the molecule is COCC(C)NS(=O)(=O)c1cc(CNC2CC2)oc1Br. The molecule has 1 aromatic rings. The van der Waals surface area contributed by atoms with Crippen molar-refractivity contribution in [3.63, 3.8) is 0 Å². The molecule has 0 amide bonds. The predicted molar refractivity (Wildman–Crippen MR) is 77.9 cm³/mol. The van der Waals surface area contributed by atoms with E-state index >= 15 is 0 Å². The van der Waals surface area contributed by atoms with Crippen LogP contribution in [0.15, 0.2) is 20.0 Å². The zero-order valence-electron chi connectivity index (χ0n) is 11.5. The number of halogens is 1. The smallest absolute Gasteiger partial charge is 0.245 e. The molecule has 0 radical (unpaired) electrons. The molecule has 0 aliphatic heterocycles. The van der Waals surface area contributed by atoms with Crippen LogP contribution < -0.4 is 10.0 Å². The molecule has 1 saturated carbocycles. The lowest BCUT2D eigenvalue weighted by atomic mass is 10.4. The Labute approximate surface area is 127 Å². The second kappa shape index (κ2) is 6.57. The van der Waals surface area contributed by atoms with Crippen molar-refractivity contribution in [1.82, 2.24) is 10.0 Å². The topological polar surface area (TPSA) is 80.6 Å². The highest BCUT2D eigenvalue weighted by Crippen LogP contribution is 2.27. The Bertz CT molecular complexity index is 554. The van der Waals surface area contributed by atoms with Crippen LogP contribution in [-0.4, -0.2) is 34.2 Å². The van der Waals surface area contributed by atoms with E-state index < -0.39 is 10.0 Å². The molecule has 1 fully saturated rings. The molecular formula is C12H19BrN2O4S. The molecular weight excluding hydrogens is 348 g/mol. The molecule has 0 aromatic carbocycles. The van der Waals surface area contributed by atoms with Crippen LogP contribution in [0.1, 0.15) is 25.5 Å². The van der Waals surface area contributed by atoms with Gasteiger partial charge in [0.2, 0.25) is 10.0 Å². The summed E-state index contributed by atoms with van der Waals surface area (Å²) in [6.45, 7) is 2.59. The largest absolute Gasteiger partial charge is 0.452 e. The monoisotopic (exact) mass is 366 g/mol. The Morgan fingerprint density at radius 3 is 2.85 bits per heavy atom. The van der Waals surface area contributed by atoms with Gasteiger partial charge < -0.3 is 14.5 Å². The molecule has 6 nitrogen and oxygen atoms in total. The lowest BCUT2D eigenvalue weighted by Crippen LogP contribution is -2.35. The van der Waals surface area contributed by atoms with E-state index in [2.05, 4.69) is 26.0 Å². The van der Waals surface area contributed by atoms with Crippen LogP contribution in [0.3, 0.4) is 0 Å². The Hall–Kier alpha value is -0.410. The third-order valence-corrected chi connectivity index (χ3v) is 5.36. The van der Waals surface area contributed by atoms with Crippen LogP contribution in [0.2, 0.25) is 0 Å². The normalized spacial score (nSPS) is 17.4. The fraction of sp³-hybridized carbons (Fsp3) is 0.667. The summed E-state index contributed by atoms with van der Waals surface area (Å²) < 4.78 is 37.6. The molecule has 1 aromatic heterocycles. The van der Waals surface area contributed by atoms with Crippen molar-refractivity contribution in [1.29, 1.82) is 0 Å². The van der Waals surface area contributed by atoms with Crippen molar-refractivity contribution in [2.45, 2.75) is 43.3 Å². The third-order valence-electron chi connectivity index (χ3n) is 2.91. The number of methoxy groups -OCH3 is 1. The molecule has 1 heterocycles. The Morgan fingerprint density at radius 1 is 1.55 bits per heavy atom. The van der Waals surface area contributed by atoms with E-state index in [0.29, 0.717) is 25.0 Å². The molecule has 20 heavy (non-hydrogen) atoms. The minimum absolute atomic E-state index is 0.119. The molecule has 2 rings (SSSR count). The maximum Gasteiger partial charge on any atom is 0.245 e. The van der Waals surface area contributed by atoms with Crippen LogP contribution >= 0.6 is 15.9 Å². The molecule has 1 atom stereocenters. The van der Waals surface area contributed by atoms with Crippen LogP contribution in [0.5, 0.6) is 0 Å². The minimum Gasteiger partial charge on any atom is -0.452 e. The lowest BCUT2D eigenvalue weighted by Gasteiger charge is -2.12. The zero-order chi connectivity index (χ0) is 14.8. The van der Waals surface area contributed by atoms with Gasteiger partial charge in [-0.15, -0.1) is 0 Å². The van der Waals surface area contributed by atoms with Crippen LogP contribution in [-0.2, 0) is 21.3 Å². The second-order valence-corrected chi connectivity index (χ2v) is 7.39. The second-order valence-electron chi connectivity index (χ2n) is 4.98. The standard InChI is InChI=1S/C12H19BrN2O4S/c1-8(7-18-2)15-20(16,17)11-5-10(19-12(11)13)6-14-9-3-4-9/h5,8-9,14-15H,3-4,6-7H2,1-2H3. The van der Waals surface area contributed by atoms with Gasteiger partial charge in [-0.1, -0.05) is 0 Å². The average molecular weight is 367 g/mol. The molecule has 0 saturated heterocycles. The van der Waals surface area contributed by atoms with Gasteiger partial charge >= 0.3 is 0 Å². The van der Waals surface area contributed by atoms with Gasteiger partial charge in [0.05, 0.1) is 13.2 Å². The molecule has 2 N–H and O–H groups in total. The van der Waals surface area contributed by atoms with Gasteiger partial charge in [-0.25, -0.2) is 13.1 Å². The number of rotatable bonds is 8. The highest BCUT2D eigenvalue weighted by molar-refractivity contribution is 9.10. The van der Waals surface area contributed by atoms with E-state index in [1.807, 2.05) is 0 Å². The van der Waals surface area contributed by atoms with E-state index in [0.717, 1.165) is 0 Å². The third kappa shape index (κ3) is 4.29. The van der Waals surface area contributed by atoms with Crippen LogP contribution in [0, 0.1) is 0 Å². The van der Waals surface area contributed by atoms with Gasteiger partial charge in [0.25, 0.3) is 0 Å². The fourth-order valence-electron chi connectivity index (χ4n) is 1.81. The van der Waals surface area contributed by atoms with Crippen molar-refractivity contribution in [2.75, 3.05) is 13.7 Å². The number of sulfonamides is 1. The molecule has 114 valence electrons. The molecule has 8 heteroatoms. The van der Waals surface area contributed by atoms with Crippen molar-refractivity contribution in [2.24, 2.45) is 0 Å².